The second kappa shape index (κ2) is 15.4. The summed E-state index contributed by atoms with van der Waals surface area (Å²) in [6.07, 6.45) is 16.4. The fourth-order valence-electron chi connectivity index (χ4n) is 14.3. The zero-order valence-electron chi connectivity index (χ0n) is 32.4. The number of aliphatic hydroxyl groups is 4. The third-order valence-electron chi connectivity index (χ3n) is 17.3. The highest BCUT2D eigenvalue weighted by atomic mass is 16.3. The summed E-state index contributed by atoms with van der Waals surface area (Å²) in [6, 6.07) is 0. The molecule has 0 heterocycles. The van der Waals surface area contributed by atoms with Crippen molar-refractivity contribution in [3.63, 3.8) is 0 Å². The Morgan fingerprint density at radius 2 is 0.583 bits per heavy atom. The van der Waals surface area contributed by atoms with Gasteiger partial charge in [0.2, 0.25) is 0 Å². The molecule has 6 aliphatic rings. The van der Waals surface area contributed by atoms with Crippen molar-refractivity contribution in [3.05, 3.63) is 0 Å². The quantitative estimate of drug-likeness (QED) is 0.227. The highest BCUT2D eigenvalue weighted by Gasteiger charge is 2.51. The van der Waals surface area contributed by atoms with Crippen LogP contribution in [-0.4, -0.2) is 44.8 Å². The van der Waals surface area contributed by atoms with Crippen molar-refractivity contribution < 1.29 is 20.4 Å². The van der Waals surface area contributed by atoms with Crippen LogP contribution in [0.25, 0.3) is 0 Å². The molecule has 0 aromatic rings. The first kappa shape index (κ1) is 37.6. The van der Waals surface area contributed by atoms with Gasteiger partial charge in [-0.1, -0.05) is 55.4 Å². The fourth-order valence-corrected chi connectivity index (χ4v) is 14.3. The third-order valence-corrected chi connectivity index (χ3v) is 17.3. The zero-order valence-corrected chi connectivity index (χ0v) is 32.4. The molecule has 18 atom stereocenters. The normalized spacial score (nSPS) is 55.0. The molecule has 4 N–H and O–H groups in total. The minimum Gasteiger partial charge on any atom is -0.393 e. The van der Waals surface area contributed by atoms with Crippen molar-refractivity contribution in [1.82, 2.24) is 0 Å². The molecule has 0 radical (unpaired) electrons. The summed E-state index contributed by atoms with van der Waals surface area (Å²) in [5.41, 5.74) is 0. The number of rotatable bonds is 6. The molecule has 0 aromatic carbocycles. The molecule has 0 aromatic heterocycles. The van der Waals surface area contributed by atoms with Gasteiger partial charge < -0.3 is 20.4 Å². The Kier molecular flexibility index (Phi) is 12.1. The predicted octanol–water partition coefficient (Wildman–Crippen LogP) is 9.22. The second-order valence-corrected chi connectivity index (χ2v) is 20.4. The van der Waals surface area contributed by atoms with Gasteiger partial charge in [-0.05, 0) is 196 Å². The molecular weight excluding hydrogens is 592 g/mol. The maximum Gasteiger partial charge on any atom is 0.0568 e. The molecule has 6 rings (SSSR count). The lowest BCUT2D eigenvalue weighted by molar-refractivity contribution is -0.0844. The predicted molar refractivity (Wildman–Crippen MR) is 197 cm³/mol. The summed E-state index contributed by atoms with van der Waals surface area (Å²) in [5, 5.41) is 43.5. The minimum atomic E-state index is -0.148. The highest BCUT2D eigenvalue weighted by molar-refractivity contribution is 5.01. The van der Waals surface area contributed by atoms with Crippen LogP contribution in [0.2, 0.25) is 0 Å². The lowest BCUT2D eigenvalue weighted by Gasteiger charge is -2.55. The van der Waals surface area contributed by atoms with Crippen LogP contribution in [0.3, 0.4) is 0 Å². The second-order valence-electron chi connectivity index (χ2n) is 20.4. The van der Waals surface area contributed by atoms with Gasteiger partial charge in [-0.15, -0.1) is 0 Å². The first-order valence-electron chi connectivity index (χ1n) is 21.4. The summed E-state index contributed by atoms with van der Waals surface area (Å²) in [7, 11) is 0. The number of fused-ring (bicyclic) bond motifs is 1. The van der Waals surface area contributed by atoms with E-state index in [2.05, 4.69) is 55.4 Å². The monoisotopic (exact) mass is 671 g/mol. The Balaban J connectivity index is 1.26. The van der Waals surface area contributed by atoms with Gasteiger partial charge in [-0.25, -0.2) is 0 Å². The van der Waals surface area contributed by atoms with Gasteiger partial charge in [-0.3, -0.25) is 0 Å². The summed E-state index contributed by atoms with van der Waals surface area (Å²) in [6.45, 7) is 19.0. The van der Waals surface area contributed by atoms with E-state index < -0.39 is 0 Å². The first-order valence-corrected chi connectivity index (χ1v) is 21.4. The van der Waals surface area contributed by atoms with Gasteiger partial charge in [0, 0.05) is 0 Å². The molecule has 4 nitrogen and oxygen atoms in total. The first-order chi connectivity index (χ1) is 22.7. The van der Waals surface area contributed by atoms with Gasteiger partial charge >= 0.3 is 0 Å². The van der Waals surface area contributed by atoms with Gasteiger partial charge in [-0.2, -0.15) is 0 Å². The topological polar surface area (TPSA) is 80.9 Å². The average molecular weight is 671 g/mol. The van der Waals surface area contributed by atoms with E-state index in [0.29, 0.717) is 71.0 Å². The Morgan fingerprint density at radius 1 is 0.312 bits per heavy atom. The van der Waals surface area contributed by atoms with E-state index in [4.69, 9.17) is 0 Å². The number of hydrogen-bond donors (Lipinski definition) is 4. The van der Waals surface area contributed by atoms with E-state index in [1.54, 1.807) is 0 Å². The van der Waals surface area contributed by atoms with Crippen LogP contribution >= 0.6 is 0 Å². The van der Waals surface area contributed by atoms with Gasteiger partial charge in [0.25, 0.3) is 0 Å². The van der Waals surface area contributed by atoms with Crippen molar-refractivity contribution in [2.75, 3.05) is 0 Å². The molecule has 6 saturated carbocycles. The zero-order chi connectivity index (χ0) is 34.6. The van der Waals surface area contributed by atoms with Crippen molar-refractivity contribution >= 4 is 0 Å². The molecule has 6 aliphatic carbocycles. The SMILES string of the molecule is CC1CC(C(C2CCC3CCC(C(C4CC(C)C(O)CC4C)C4CC(C)C(O)CC4C)CC3C2)C2CC(C)C(O)CC2C)C(C)CC1O. The summed E-state index contributed by atoms with van der Waals surface area (Å²) in [4.78, 5) is 0. The summed E-state index contributed by atoms with van der Waals surface area (Å²) >= 11 is 0. The smallest absolute Gasteiger partial charge is 0.0568 e. The Labute approximate surface area is 296 Å². The molecule has 4 heteroatoms. The van der Waals surface area contributed by atoms with Crippen LogP contribution in [0.5, 0.6) is 0 Å². The van der Waals surface area contributed by atoms with E-state index in [1.807, 2.05) is 0 Å². The molecule has 0 amide bonds. The average Bonchev–Trinajstić information content (AvgIpc) is 3.03. The van der Waals surface area contributed by atoms with Crippen molar-refractivity contribution in [2.24, 2.45) is 107 Å². The van der Waals surface area contributed by atoms with E-state index in [0.717, 1.165) is 61.2 Å². The molecule has 48 heavy (non-hydrogen) atoms. The largest absolute Gasteiger partial charge is 0.393 e. The minimum absolute atomic E-state index is 0.148. The van der Waals surface area contributed by atoms with Crippen LogP contribution in [0.15, 0.2) is 0 Å². The maximum atomic E-state index is 10.9. The summed E-state index contributed by atoms with van der Waals surface area (Å²) in [5.74, 6) is 11.4. The Morgan fingerprint density at radius 3 is 0.854 bits per heavy atom. The molecule has 18 unspecified atom stereocenters. The molecule has 278 valence electrons. The lowest BCUT2D eigenvalue weighted by Crippen LogP contribution is -2.49. The summed E-state index contributed by atoms with van der Waals surface area (Å²) < 4.78 is 0. The van der Waals surface area contributed by atoms with E-state index >= 15 is 0 Å². The van der Waals surface area contributed by atoms with Crippen LogP contribution < -0.4 is 0 Å². The van der Waals surface area contributed by atoms with Crippen molar-refractivity contribution in [1.29, 1.82) is 0 Å². The van der Waals surface area contributed by atoms with Gasteiger partial charge in [0.05, 0.1) is 24.4 Å². The molecule has 6 fully saturated rings. The maximum absolute atomic E-state index is 10.9. The standard InChI is InChI=1S/C44H78O4/c1-23-17-39(45)27(5)13-35(23)43(36-14-28(6)40(46)18-24(36)2)32-11-9-31-10-12-33(22-34(31)21-32)44(37-15-29(7)41(47)19-25(37)3)38-16-30(8)42(48)20-26(38)4/h23-48H,9-22H2,1-8H3. The van der Waals surface area contributed by atoms with Gasteiger partial charge in [0.1, 0.15) is 0 Å². The Hall–Kier alpha value is -0.160. The van der Waals surface area contributed by atoms with E-state index in [-0.39, 0.29) is 24.4 Å². The van der Waals surface area contributed by atoms with Crippen LogP contribution in [-0.2, 0) is 0 Å². The van der Waals surface area contributed by atoms with Crippen molar-refractivity contribution in [2.45, 2.75) is 170 Å². The molecular formula is C44H78O4. The van der Waals surface area contributed by atoms with Crippen LogP contribution in [0, 0.1) is 107 Å². The lowest BCUT2D eigenvalue weighted by atomic mass is 9.50. The number of hydrogen-bond acceptors (Lipinski definition) is 4. The van der Waals surface area contributed by atoms with E-state index in [1.165, 1.54) is 64.2 Å². The van der Waals surface area contributed by atoms with Crippen LogP contribution in [0.4, 0.5) is 0 Å². The molecule has 0 bridgehead atoms. The number of aliphatic hydroxyl groups excluding tert-OH is 4. The van der Waals surface area contributed by atoms with E-state index in [9.17, 15) is 20.4 Å². The molecule has 0 saturated heterocycles. The third kappa shape index (κ3) is 7.64. The molecule has 0 spiro atoms. The highest BCUT2D eigenvalue weighted by Crippen LogP contribution is 2.58. The van der Waals surface area contributed by atoms with Gasteiger partial charge in [0.15, 0.2) is 0 Å². The molecule has 0 aliphatic heterocycles. The van der Waals surface area contributed by atoms with Crippen molar-refractivity contribution in [3.8, 4) is 0 Å². The van der Waals surface area contributed by atoms with Crippen LogP contribution in [0.1, 0.15) is 145 Å². The fraction of sp³-hybridized carbons (Fsp3) is 1.00. The Bertz CT molecular complexity index is 893.